The minimum absolute atomic E-state index is 0.0205. The molecule has 182 valence electrons. The quantitative estimate of drug-likeness (QED) is 0.357. The molecule has 5 rings (SSSR count). The van der Waals surface area contributed by atoms with Crippen LogP contribution in [0.1, 0.15) is 42.4 Å². The normalized spacial score (nSPS) is 15.9. The topological polar surface area (TPSA) is 78.1 Å². The van der Waals surface area contributed by atoms with Crippen LogP contribution in [0, 0.1) is 5.95 Å². The monoisotopic (exact) mass is 476 g/mol. The Bertz CT molecular complexity index is 1350. The molecule has 0 aliphatic carbocycles. The van der Waals surface area contributed by atoms with Crippen LogP contribution in [0.3, 0.4) is 0 Å². The molecule has 4 aromatic rings. The summed E-state index contributed by atoms with van der Waals surface area (Å²) in [6, 6.07) is 10.6. The van der Waals surface area contributed by atoms with E-state index in [0.717, 1.165) is 49.2 Å². The Morgan fingerprint density at radius 3 is 2.91 bits per heavy atom. The van der Waals surface area contributed by atoms with Crippen molar-refractivity contribution in [1.82, 2.24) is 29.0 Å². The smallest absolute Gasteiger partial charge is 0.254 e. The second-order valence-electron chi connectivity index (χ2n) is 8.86. The van der Waals surface area contributed by atoms with Gasteiger partial charge in [-0.2, -0.15) is 4.39 Å². The summed E-state index contributed by atoms with van der Waals surface area (Å²) < 4.78 is 23.1. The highest BCUT2D eigenvalue weighted by molar-refractivity contribution is 5.97. The zero-order chi connectivity index (χ0) is 24.4. The summed E-state index contributed by atoms with van der Waals surface area (Å²) in [6.07, 6.45) is 6.41. The van der Waals surface area contributed by atoms with Crippen LogP contribution in [0.25, 0.3) is 22.6 Å². The van der Waals surface area contributed by atoms with Crippen LogP contribution < -0.4 is 0 Å². The Hall–Kier alpha value is -3.59. The zero-order valence-electron chi connectivity index (χ0n) is 20.0. The lowest BCUT2D eigenvalue weighted by Gasteiger charge is -2.24. The van der Waals surface area contributed by atoms with Crippen molar-refractivity contribution in [3.8, 4) is 11.5 Å². The third-order valence-corrected chi connectivity index (χ3v) is 6.49. The largest absolute Gasteiger partial charge is 0.383 e. The number of pyridine rings is 1. The highest BCUT2D eigenvalue weighted by atomic mass is 19.1. The number of benzene rings is 1. The molecule has 0 N–H and O–H groups in total. The zero-order valence-corrected chi connectivity index (χ0v) is 20.0. The molecule has 1 aromatic carbocycles. The Labute approximate surface area is 203 Å². The third kappa shape index (κ3) is 4.55. The van der Waals surface area contributed by atoms with Gasteiger partial charge in [-0.05, 0) is 49.6 Å². The van der Waals surface area contributed by atoms with E-state index in [1.807, 2.05) is 33.9 Å². The first kappa shape index (κ1) is 23.2. The summed E-state index contributed by atoms with van der Waals surface area (Å²) in [6.45, 7) is 4.67. The lowest BCUT2D eigenvalue weighted by Crippen LogP contribution is -2.38. The first-order chi connectivity index (χ1) is 17.1. The van der Waals surface area contributed by atoms with Crippen molar-refractivity contribution in [3.63, 3.8) is 0 Å². The van der Waals surface area contributed by atoms with Gasteiger partial charge in [0.2, 0.25) is 5.95 Å². The average molecular weight is 477 g/mol. The number of aryl methyl sites for hydroxylation is 1. The van der Waals surface area contributed by atoms with Crippen LogP contribution in [0.4, 0.5) is 4.39 Å². The number of hydrogen-bond acceptors (Lipinski definition) is 5. The molecule has 0 spiro atoms. The van der Waals surface area contributed by atoms with E-state index in [1.165, 1.54) is 6.07 Å². The number of halogens is 1. The molecule has 35 heavy (non-hydrogen) atoms. The molecule has 1 aliphatic heterocycles. The van der Waals surface area contributed by atoms with Crippen molar-refractivity contribution in [2.45, 2.75) is 45.3 Å². The molecule has 0 saturated carbocycles. The number of hydrogen-bond donors (Lipinski definition) is 0. The van der Waals surface area contributed by atoms with Crippen molar-refractivity contribution in [1.29, 1.82) is 0 Å². The molecule has 3 aromatic heterocycles. The summed E-state index contributed by atoms with van der Waals surface area (Å²) >= 11 is 0. The predicted octanol–water partition coefficient (Wildman–Crippen LogP) is 4.14. The van der Waals surface area contributed by atoms with Gasteiger partial charge >= 0.3 is 0 Å². The van der Waals surface area contributed by atoms with Crippen LogP contribution in [-0.2, 0) is 17.8 Å². The van der Waals surface area contributed by atoms with Gasteiger partial charge in [0.25, 0.3) is 5.91 Å². The number of ether oxygens (including phenoxy) is 1. The van der Waals surface area contributed by atoms with E-state index in [9.17, 15) is 9.18 Å². The number of fused-ring (bicyclic) bond motifs is 1. The van der Waals surface area contributed by atoms with Crippen LogP contribution in [0.15, 0.2) is 48.8 Å². The van der Waals surface area contributed by atoms with Crippen molar-refractivity contribution < 1.29 is 13.9 Å². The van der Waals surface area contributed by atoms with Crippen molar-refractivity contribution in [2.24, 2.45) is 0 Å². The SMILES string of the molecule is CCCn1c(Cn2ccnc2-c2cccc(F)n2)nc2cc(C(=O)N3CCCC3COC)ccc21. The van der Waals surface area contributed by atoms with E-state index in [-0.39, 0.29) is 11.9 Å². The van der Waals surface area contributed by atoms with Gasteiger partial charge in [0, 0.05) is 38.2 Å². The van der Waals surface area contributed by atoms with Crippen molar-refractivity contribution in [3.05, 3.63) is 66.1 Å². The number of imidazole rings is 2. The number of carbonyl (C=O) groups is 1. The van der Waals surface area contributed by atoms with E-state index in [4.69, 9.17) is 9.72 Å². The van der Waals surface area contributed by atoms with Crippen molar-refractivity contribution >= 4 is 16.9 Å². The lowest BCUT2D eigenvalue weighted by atomic mass is 10.1. The van der Waals surface area contributed by atoms with Gasteiger partial charge in [-0.15, -0.1) is 0 Å². The molecule has 0 bridgehead atoms. The van der Waals surface area contributed by atoms with Crippen LogP contribution in [-0.4, -0.2) is 61.2 Å². The van der Waals surface area contributed by atoms with Gasteiger partial charge in [0.1, 0.15) is 11.5 Å². The highest BCUT2D eigenvalue weighted by Crippen LogP contribution is 2.25. The minimum Gasteiger partial charge on any atom is -0.383 e. The van der Waals surface area contributed by atoms with Gasteiger partial charge < -0.3 is 18.8 Å². The molecule has 1 atom stereocenters. The number of amides is 1. The van der Waals surface area contributed by atoms with E-state index < -0.39 is 5.95 Å². The Morgan fingerprint density at radius 1 is 1.23 bits per heavy atom. The predicted molar refractivity (Wildman–Crippen MR) is 130 cm³/mol. The molecule has 1 amide bonds. The fraction of sp³-hybridized carbons (Fsp3) is 0.385. The summed E-state index contributed by atoms with van der Waals surface area (Å²) in [5, 5.41) is 0. The van der Waals surface area contributed by atoms with Crippen LogP contribution in [0.5, 0.6) is 0 Å². The molecule has 1 saturated heterocycles. The Morgan fingerprint density at radius 2 is 2.11 bits per heavy atom. The summed E-state index contributed by atoms with van der Waals surface area (Å²) in [4.78, 5) is 28.5. The fourth-order valence-electron chi connectivity index (χ4n) is 4.90. The minimum atomic E-state index is -0.543. The summed E-state index contributed by atoms with van der Waals surface area (Å²) in [5.41, 5.74) is 2.88. The first-order valence-corrected chi connectivity index (χ1v) is 12.0. The average Bonchev–Trinajstić information content (AvgIpc) is 3.59. The maximum absolute atomic E-state index is 13.7. The van der Waals surface area contributed by atoms with E-state index >= 15 is 0 Å². The Kier molecular flexibility index (Phi) is 6.59. The number of carbonyl (C=O) groups excluding carboxylic acids is 1. The number of likely N-dealkylation sites (tertiary alicyclic amines) is 1. The molecule has 8 nitrogen and oxygen atoms in total. The van der Waals surface area contributed by atoms with Gasteiger partial charge in [0.15, 0.2) is 5.82 Å². The third-order valence-electron chi connectivity index (χ3n) is 6.49. The molecule has 9 heteroatoms. The number of aromatic nitrogens is 5. The maximum atomic E-state index is 13.7. The van der Waals surface area contributed by atoms with Crippen molar-refractivity contribution in [2.75, 3.05) is 20.3 Å². The van der Waals surface area contributed by atoms with E-state index in [2.05, 4.69) is 21.5 Å². The molecule has 1 fully saturated rings. The maximum Gasteiger partial charge on any atom is 0.254 e. The molecule has 4 heterocycles. The summed E-state index contributed by atoms with van der Waals surface area (Å²) in [5.74, 6) is 0.902. The highest BCUT2D eigenvalue weighted by Gasteiger charge is 2.29. The van der Waals surface area contributed by atoms with E-state index in [1.54, 1.807) is 25.4 Å². The number of methoxy groups -OCH3 is 1. The standard InChI is InChI=1S/C26H29FN6O2/c1-3-12-33-22-10-9-18(26(34)32-13-5-6-19(32)17-35-2)15-21(22)30-24(33)16-31-14-11-28-25(31)20-7-4-8-23(27)29-20/h4,7-11,14-15,19H,3,5-6,12-13,16-17H2,1-2H3. The molecular weight excluding hydrogens is 447 g/mol. The van der Waals surface area contributed by atoms with Crippen LogP contribution >= 0.6 is 0 Å². The van der Waals surface area contributed by atoms with E-state index in [0.29, 0.717) is 30.2 Å². The summed E-state index contributed by atoms with van der Waals surface area (Å²) in [7, 11) is 1.67. The molecule has 0 radical (unpaired) electrons. The number of nitrogens with zero attached hydrogens (tertiary/aromatic N) is 6. The van der Waals surface area contributed by atoms with Gasteiger partial charge in [-0.25, -0.2) is 15.0 Å². The van der Waals surface area contributed by atoms with Gasteiger partial charge in [0.05, 0.1) is 30.2 Å². The number of rotatable bonds is 8. The molecular formula is C26H29FN6O2. The second kappa shape index (κ2) is 9.95. The molecule has 1 unspecified atom stereocenters. The first-order valence-electron chi connectivity index (χ1n) is 12.0. The Balaban J connectivity index is 1.48. The van der Waals surface area contributed by atoms with Gasteiger partial charge in [-0.3, -0.25) is 4.79 Å². The molecule has 1 aliphatic rings. The lowest BCUT2D eigenvalue weighted by molar-refractivity contribution is 0.0631. The van der Waals surface area contributed by atoms with Gasteiger partial charge in [-0.1, -0.05) is 13.0 Å². The second-order valence-corrected chi connectivity index (χ2v) is 8.86. The van der Waals surface area contributed by atoms with Crippen LogP contribution in [0.2, 0.25) is 0 Å². The fourth-order valence-corrected chi connectivity index (χ4v) is 4.90.